The Kier molecular flexibility index (Phi) is 3.38. The fraction of sp³-hybridized carbons (Fsp3) is 0.600. The summed E-state index contributed by atoms with van der Waals surface area (Å²) in [5.41, 5.74) is 4.32. The molecule has 20 heavy (non-hydrogen) atoms. The molecular formula is C15H23N5. The van der Waals surface area contributed by atoms with Crippen molar-refractivity contribution >= 4 is 11.5 Å². The quantitative estimate of drug-likeness (QED) is 0.911. The third-order valence-electron chi connectivity index (χ3n) is 4.16. The number of nitrogens with zero attached hydrogens (tertiary/aromatic N) is 4. The van der Waals surface area contributed by atoms with E-state index in [1.807, 2.05) is 4.52 Å². The molecular weight excluding hydrogens is 250 g/mol. The van der Waals surface area contributed by atoms with E-state index in [9.17, 15) is 0 Å². The van der Waals surface area contributed by atoms with Crippen LogP contribution >= 0.6 is 0 Å². The van der Waals surface area contributed by atoms with Crippen molar-refractivity contribution in [3.63, 3.8) is 0 Å². The standard InChI is InChI=1S/C15H23N5/c1-10-11(2)17-14-9-13(12-7-5-6-8-16-12)18-20(14)15(10)19(3)4/h9,12,16H,5-8H2,1-4H3. The van der Waals surface area contributed by atoms with Crippen LogP contribution in [0.1, 0.15) is 42.3 Å². The Morgan fingerprint density at radius 2 is 2.10 bits per heavy atom. The van der Waals surface area contributed by atoms with Crippen LogP contribution in [0, 0.1) is 13.8 Å². The van der Waals surface area contributed by atoms with Crippen LogP contribution in [0.4, 0.5) is 5.82 Å². The molecule has 0 spiro atoms. The fourth-order valence-electron chi connectivity index (χ4n) is 3.00. The average molecular weight is 273 g/mol. The molecule has 0 aromatic carbocycles. The average Bonchev–Trinajstić information content (AvgIpc) is 2.83. The highest BCUT2D eigenvalue weighted by molar-refractivity contribution is 5.56. The van der Waals surface area contributed by atoms with Gasteiger partial charge < -0.3 is 10.2 Å². The Labute approximate surface area is 120 Å². The van der Waals surface area contributed by atoms with E-state index in [1.54, 1.807) is 0 Å². The molecule has 3 rings (SSSR count). The molecule has 1 N–H and O–H groups in total. The summed E-state index contributed by atoms with van der Waals surface area (Å²) in [6.45, 7) is 5.26. The molecule has 0 amide bonds. The van der Waals surface area contributed by atoms with Gasteiger partial charge in [0.2, 0.25) is 0 Å². The Bertz CT molecular complexity index is 623. The Hall–Kier alpha value is -1.62. The van der Waals surface area contributed by atoms with Crippen LogP contribution in [0.2, 0.25) is 0 Å². The number of fused-ring (bicyclic) bond motifs is 1. The molecule has 0 radical (unpaired) electrons. The first kappa shape index (κ1) is 13.4. The van der Waals surface area contributed by atoms with Crippen molar-refractivity contribution in [1.29, 1.82) is 0 Å². The minimum atomic E-state index is 0.376. The van der Waals surface area contributed by atoms with E-state index in [2.05, 4.69) is 49.2 Å². The highest BCUT2D eigenvalue weighted by Gasteiger charge is 2.20. The lowest BCUT2D eigenvalue weighted by Crippen LogP contribution is -2.27. The van der Waals surface area contributed by atoms with Crippen LogP contribution in [0.15, 0.2) is 6.07 Å². The SMILES string of the molecule is Cc1nc2cc(C3CCCCN3)nn2c(N(C)C)c1C. The van der Waals surface area contributed by atoms with E-state index < -0.39 is 0 Å². The molecule has 1 fully saturated rings. The number of hydrogen-bond acceptors (Lipinski definition) is 4. The summed E-state index contributed by atoms with van der Waals surface area (Å²) in [5.74, 6) is 1.12. The van der Waals surface area contributed by atoms with E-state index >= 15 is 0 Å². The smallest absolute Gasteiger partial charge is 0.157 e. The lowest BCUT2D eigenvalue weighted by Gasteiger charge is -2.21. The molecule has 108 valence electrons. The summed E-state index contributed by atoms with van der Waals surface area (Å²) in [6, 6.07) is 2.50. The minimum Gasteiger partial charge on any atom is -0.362 e. The van der Waals surface area contributed by atoms with Crippen molar-refractivity contribution in [2.24, 2.45) is 0 Å². The molecule has 1 saturated heterocycles. The maximum Gasteiger partial charge on any atom is 0.157 e. The highest BCUT2D eigenvalue weighted by Crippen LogP contribution is 2.26. The van der Waals surface area contributed by atoms with E-state index in [0.29, 0.717) is 6.04 Å². The van der Waals surface area contributed by atoms with Gasteiger partial charge in [0.15, 0.2) is 5.65 Å². The minimum absolute atomic E-state index is 0.376. The second kappa shape index (κ2) is 5.05. The normalized spacial score (nSPS) is 19.5. The summed E-state index contributed by atoms with van der Waals surface area (Å²) < 4.78 is 1.98. The van der Waals surface area contributed by atoms with Crippen LogP contribution in [0.3, 0.4) is 0 Å². The maximum absolute atomic E-state index is 4.81. The molecule has 0 aliphatic carbocycles. The molecule has 1 unspecified atom stereocenters. The zero-order chi connectivity index (χ0) is 14.3. The van der Waals surface area contributed by atoms with Gasteiger partial charge in [-0.05, 0) is 33.2 Å². The maximum atomic E-state index is 4.81. The van der Waals surface area contributed by atoms with Gasteiger partial charge in [0.25, 0.3) is 0 Å². The number of anilines is 1. The monoisotopic (exact) mass is 273 g/mol. The van der Waals surface area contributed by atoms with Crippen LogP contribution < -0.4 is 10.2 Å². The summed E-state index contributed by atoms with van der Waals surface area (Å²) in [6.07, 6.45) is 3.71. The van der Waals surface area contributed by atoms with Gasteiger partial charge in [-0.15, -0.1) is 0 Å². The predicted octanol–water partition coefficient (Wildman–Crippen LogP) is 2.23. The topological polar surface area (TPSA) is 45.5 Å². The van der Waals surface area contributed by atoms with E-state index in [4.69, 9.17) is 5.10 Å². The molecule has 2 aromatic rings. The molecule has 2 aromatic heterocycles. The Balaban J connectivity index is 2.12. The third-order valence-corrected chi connectivity index (χ3v) is 4.16. The molecule has 5 nitrogen and oxygen atoms in total. The summed E-state index contributed by atoms with van der Waals surface area (Å²) in [5, 5.41) is 8.37. The number of aryl methyl sites for hydroxylation is 1. The van der Waals surface area contributed by atoms with Gasteiger partial charge in [0.05, 0.1) is 11.7 Å². The summed E-state index contributed by atoms with van der Waals surface area (Å²) in [7, 11) is 4.11. The second-order valence-electron chi connectivity index (χ2n) is 5.88. The van der Waals surface area contributed by atoms with Gasteiger partial charge >= 0.3 is 0 Å². The zero-order valence-electron chi connectivity index (χ0n) is 12.8. The van der Waals surface area contributed by atoms with Gasteiger partial charge in [0, 0.05) is 31.4 Å². The zero-order valence-corrected chi connectivity index (χ0v) is 12.8. The predicted molar refractivity (Wildman–Crippen MR) is 81.4 cm³/mol. The number of piperidine rings is 1. The lowest BCUT2D eigenvalue weighted by atomic mass is 10.0. The van der Waals surface area contributed by atoms with Gasteiger partial charge in [0.1, 0.15) is 5.82 Å². The van der Waals surface area contributed by atoms with E-state index in [-0.39, 0.29) is 0 Å². The van der Waals surface area contributed by atoms with Gasteiger partial charge in [-0.2, -0.15) is 9.61 Å². The van der Waals surface area contributed by atoms with Crippen molar-refractivity contribution in [3.8, 4) is 0 Å². The molecule has 0 saturated carbocycles. The second-order valence-corrected chi connectivity index (χ2v) is 5.88. The van der Waals surface area contributed by atoms with Crippen molar-refractivity contribution < 1.29 is 0 Å². The van der Waals surface area contributed by atoms with Crippen LogP contribution in [-0.2, 0) is 0 Å². The first-order valence-electron chi connectivity index (χ1n) is 7.35. The Morgan fingerprint density at radius 1 is 1.30 bits per heavy atom. The van der Waals surface area contributed by atoms with Crippen molar-refractivity contribution in [1.82, 2.24) is 19.9 Å². The van der Waals surface area contributed by atoms with Crippen molar-refractivity contribution in [3.05, 3.63) is 23.0 Å². The largest absolute Gasteiger partial charge is 0.362 e. The molecule has 1 aliphatic heterocycles. The molecule has 3 heterocycles. The number of hydrogen-bond donors (Lipinski definition) is 1. The van der Waals surface area contributed by atoms with Crippen LogP contribution in [0.5, 0.6) is 0 Å². The molecule has 1 atom stereocenters. The molecule has 0 bridgehead atoms. The van der Waals surface area contributed by atoms with Crippen LogP contribution in [0.25, 0.3) is 5.65 Å². The summed E-state index contributed by atoms with van der Waals surface area (Å²) in [4.78, 5) is 6.79. The van der Waals surface area contributed by atoms with Crippen molar-refractivity contribution in [2.45, 2.75) is 39.2 Å². The first-order chi connectivity index (χ1) is 9.58. The third kappa shape index (κ3) is 2.16. The Morgan fingerprint density at radius 3 is 2.75 bits per heavy atom. The molecule has 5 heteroatoms. The van der Waals surface area contributed by atoms with Gasteiger partial charge in [-0.1, -0.05) is 6.42 Å². The van der Waals surface area contributed by atoms with Crippen LogP contribution in [-0.4, -0.2) is 35.2 Å². The summed E-state index contributed by atoms with van der Waals surface area (Å²) >= 11 is 0. The van der Waals surface area contributed by atoms with Gasteiger partial charge in [-0.3, -0.25) is 0 Å². The fourth-order valence-corrected chi connectivity index (χ4v) is 3.00. The highest BCUT2D eigenvalue weighted by atomic mass is 15.3. The lowest BCUT2D eigenvalue weighted by molar-refractivity contribution is 0.404. The van der Waals surface area contributed by atoms with Gasteiger partial charge in [-0.25, -0.2) is 4.98 Å². The van der Waals surface area contributed by atoms with Crippen molar-refractivity contribution in [2.75, 3.05) is 25.5 Å². The van der Waals surface area contributed by atoms with E-state index in [1.165, 1.54) is 24.8 Å². The number of nitrogens with one attached hydrogen (secondary N) is 1. The molecule has 1 aliphatic rings. The van der Waals surface area contributed by atoms with E-state index in [0.717, 1.165) is 29.4 Å². The number of rotatable bonds is 2. The first-order valence-corrected chi connectivity index (χ1v) is 7.35. The number of aromatic nitrogens is 3.